The minimum atomic E-state index is -0.0288. The molecule has 0 aliphatic heterocycles. The number of carbonyl (C=O) groups excluding carboxylic acids is 1. The summed E-state index contributed by atoms with van der Waals surface area (Å²) in [6.07, 6.45) is 12.9. The van der Waals surface area contributed by atoms with Gasteiger partial charge in [-0.2, -0.15) is 0 Å². The van der Waals surface area contributed by atoms with Crippen LogP contribution in [0.3, 0.4) is 0 Å². The summed E-state index contributed by atoms with van der Waals surface area (Å²) in [4.78, 5) is 16.6. The Morgan fingerprint density at radius 1 is 1.40 bits per heavy atom. The van der Waals surface area contributed by atoms with E-state index in [-0.39, 0.29) is 12.0 Å². The van der Waals surface area contributed by atoms with Crippen molar-refractivity contribution in [2.45, 2.75) is 57.5 Å². The molecule has 1 N–H and O–H groups in total. The van der Waals surface area contributed by atoms with Gasteiger partial charge in [0.1, 0.15) is 0 Å². The van der Waals surface area contributed by atoms with Gasteiger partial charge in [0.25, 0.3) is 0 Å². The molecule has 1 fully saturated rings. The first-order valence-corrected chi connectivity index (χ1v) is 5.71. The van der Waals surface area contributed by atoms with Gasteiger partial charge in [-0.1, -0.05) is 12.8 Å². The van der Waals surface area contributed by atoms with E-state index >= 15 is 0 Å². The maximum atomic E-state index is 11.3. The van der Waals surface area contributed by atoms with Gasteiger partial charge in [0.2, 0.25) is 5.91 Å². The topological polar surface area (TPSA) is 38.3 Å². The molecule has 0 aromatic carbocycles. The number of hydroxylamine groups is 1. The van der Waals surface area contributed by atoms with Gasteiger partial charge in [0, 0.05) is 12.8 Å². The zero-order valence-corrected chi connectivity index (χ0v) is 9.13. The molecule has 0 heterocycles. The number of carbonyl (C=O) groups is 1. The second kappa shape index (κ2) is 7.30. The quantitative estimate of drug-likeness (QED) is 0.413. The lowest BCUT2D eigenvalue weighted by atomic mass is 10.2. The maximum Gasteiger partial charge on any atom is 0.243 e. The Balaban J connectivity index is 1.96. The number of terminal acetylenes is 1. The van der Waals surface area contributed by atoms with Crippen molar-refractivity contribution in [3.8, 4) is 12.3 Å². The molecule has 15 heavy (non-hydrogen) atoms. The minimum absolute atomic E-state index is 0.0288. The van der Waals surface area contributed by atoms with E-state index in [9.17, 15) is 4.79 Å². The Hall–Kier alpha value is -1.01. The fourth-order valence-electron chi connectivity index (χ4n) is 1.72. The zero-order valence-electron chi connectivity index (χ0n) is 9.13. The van der Waals surface area contributed by atoms with E-state index in [1.807, 2.05) is 0 Å². The van der Waals surface area contributed by atoms with Gasteiger partial charge in [-0.15, -0.1) is 12.3 Å². The van der Waals surface area contributed by atoms with E-state index < -0.39 is 0 Å². The Morgan fingerprint density at radius 2 is 2.13 bits per heavy atom. The molecule has 1 aliphatic carbocycles. The third kappa shape index (κ3) is 5.44. The van der Waals surface area contributed by atoms with E-state index in [1.165, 1.54) is 12.8 Å². The zero-order chi connectivity index (χ0) is 10.9. The Bertz CT molecular complexity index is 226. The highest BCUT2D eigenvalue weighted by Gasteiger charge is 2.16. The molecule has 0 unspecified atom stereocenters. The first-order chi connectivity index (χ1) is 7.33. The number of amides is 1. The number of hydrogen-bond donors (Lipinski definition) is 1. The lowest BCUT2D eigenvalue weighted by molar-refractivity contribution is -0.138. The molecule has 0 spiro atoms. The summed E-state index contributed by atoms with van der Waals surface area (Å²) in [6.45, 7) is 0. The monoisotopic (exact) mass is 209 g/mol. The molecule has 0 atom stereocenters. The SMILES string of the molecule is C#CCCCCC(=O)NOC1CCCC1. The van der Waals surface area contributed by atoms with Crippen LogP contribution in [0.25, 0.3) is 0 Å². The van der Waals surface area contributed by atoms with Crippen molar-refractivity contribution in [1.82, 2.24) is 5.48 Å². The Labute approximate surface area is 91.5 Å². The third-order valence-electron chi connectivity index (χ3n) is 2.62. The van der Waals surface area contributed by atoms with E-state index in [1.54, 1.807) is 0 Å². The molecule has 1 aliphatic rings. The normalized spacial score (nSPS) is 16.2. The summed E-state index contributed by atoms with van der Waals surface area (Å²) in [6, 6.07) is 0. The largest absolute Gasteiger partial charge is 0.273 e. The molecular formula is C12H19NO2. The molecule has 0 saturated heterocycles. The van der Waals surface area contributed by atoms with E-state index in [2.05, 4.69) is 11.4 Å². The summed E-state index contributed by atoms with van der Waals surface area (Å²) in [5.41, 5.74) is 2.51. The van der Waals surface area contributed by atoms with Crippen LogP contribution in [0.15, 0.2) is 0 Å². The van der Waals surface area contributed by atoms with Crippen LogP contribution in [0.5, 0.6) is 0 Å². The number of nitrogens with one attached hydrogen (secondary N) is 1. The van der Waals surface area contributed by atoms with Crippen molar-refractivity contribution in [1.29, 1.82) is 0 Å². The van der Waals surface area contributed by atoms with Crippen molar-refractivity contribution < 1.29 is 9.63 Å². The van der Waals surface area contributed by atoms with Gasteiger partial charge in [-0.25, -0.2) is 5.48 Å². The van der Waals surface area contributed by atoms with Crippen molar-refractivity contribution in [3.63, 3.8) is 0 Å². The maximum absolute atomic E-state index is 11.3. The van der Waals surface area contributed by atoms with Gasteiger partial charge < -0.3 is 0 Å². The third-order valence-corrected chi connectivity index (χ3v) is 2.62. The molecule has 0 aromatic rings. The van der Waals surface area contributed by atoms with Crippen LogP contribution in [-0.4, -0.2) is 12.0 Å². The second-order valence-corrected chi connectivity index (χ2v) is 3.96. The molecule has 3 nitrogen and oxygen atoms in total. The molecule has 0 bridgehead atoms. The lowest BCUT2D eigenvalue weighted by Crippen LogP contribution is -2.27. The minimum Gasteiger partial charge on any atom is -0.273 e. The van der Waals surface area contributed by atoms with Gasteiger partial charge in [-0.05, 0) is 25.7 Å². The molecule has 84 valence electrons. The van der Waals surface area contributed by atoms with Crippen LogP contribution < -0.4 is 5.48 Å². The average molecular weight is 209 g/mol. The highest BCUT2D eigenvalue weighted by molar-refractivity contribution is 5.74. The van der Waals surface area contributed by atoms with Gasteiger partial charge in [0.15, 0.2) is 0 Å². The van der Waals surface area contributed by atoms with Crippen molar-refractivity contribution >= 4 is 5.91 Å². The molecular weight excluding hydrogens is 190 g/mol. The van der Waals surface area contributed by atoms with Crippen molar-refractivity contribution in [3.05, 3.63) is 0 Å². The fourth-order valence-corrected chi connectivity index (χ4v) is 1.72. The summed E-state index contributed by atoms with van der Waals surface area (Å²) in [5.74, 6) is 2.53. The van der Waals surface area contributed by atoms with Crippen LogP contribution in [0.4, 0.5) is 0 Å². The summed E-state index contributed by atoms with van der Waals surface area (Å²) < 4.78 is 0. The van der Waals surface area contributed by atoms with Crippen LogP contribution in [0.2, 0.25) is 0 Å². The van der Waals surface area contributed by atoms with E-state index in [4.69, 9.17) is 11.3 Å². The summed E-state index contributed by atoms with van der Waals surface area (Å²) in [5, 5.41) is 0. The lowest BCUT2D eigenvalue weighted by Gasteiger charge is -2.10. The molecule has 0 radical (unpaired) electrons. The number of hydrogen-bond acceptors (Lipinski definition) is 2. The molecule has 0 aromatic heterocycles. The van der Waals surface area contributed by atoms with Crippen LogP contribution in [0, 0.1) is 12.3 Å². The number of rotatable bonds is 6. The summed E-state index contributed by atoms with van der Waals surface area (Å²) >= 11 is 0. The summed E-state index contributed by atoms with van der Waals surface area (Å²) in [7, 11) is 0. The van der Waals surface area contributed by atoms with Crippen LogP contribution >= 0.6 is 0 Å². The van der Waals surface area contributed by atoms with E-state index in [0.717, 1.165) is 32.1 Å². The van der Waals surface area contributed by atoms with Gasteiger partial charge in [0.05, 0.1) is 6.10 Å². The van der Waals surface area contributed by atoms with Gasteiger partial charge in [-0.3, -0.25) is 9.63 Å². The first kappa shape index (κ1) is 12.1. The predicted molar refractivity (Wildman–Crippen MR) is 58.8 cm³/mol. The molecule has 1 saturated carbocycles. The predicted octanol–water partition coefficient (Wildman–Crippen LogP) is 2.17. The highest BCUT2D eigenvalue weighted by atomic mass is 16.7. The van der Waals surface area contributed by atoms with Crippen LogP contribution in [-0.2, 0) is 9.63 Å². The number of unbranched alkanes of at least 4 members (excludes halogenated alkanes) is 2. The Kier molecular flexibility index (Phi) is 5.87. The highest BCUT2D eigenvalue weighted by Crippen LogP contribution is 2.19. The smallest absolute Gasteiger partial charge is 0.243 e. The molecule has 3 heteroatoms. The standard InChI is InChI=1S/C12H19NO2/c1-2-3-4-5-10-12(14)13-15-11-8-6-7-9-11/h1,11H,3-10H2,(H,13,14). The van der Waals surface area contributed by atoms with Gasteiger partial charge >= 0.3 is 0 Å². The molecule has 1 rings (SSSR count). The first-order valence-electron chi connectivity index (χ1n) is 5.71. The average Bonchev–Trinajstić information content (AvgIpc) is 2.74. The second-order valence-electron chi connectivity index (χ2n) is 3.96. The van der Waals surface area contributed by atoms with Crippen molar-refractivity contribution in [2.24, 2.45) is 0 Å². The van der Waals surface area contributed by atoms with Crippen molar-refractivity contribution in [2.75, 3.05) is 0 Å². The Morgan fingerprint density at radius 3 is 2.80 bits per heavy atom. The van der Waals surface area contributed by atoms with E-state index in [0.29, 0.717) is 6.42 Å². The molecule has 1 amide bonds. The fraction of sp³-hybridized carbons (Fsp3) is 0.750. The van der Waals surface area contributed by atoms with Crippen LogP contribution in [0.1, 0.15) is 51.4 Å².